The summed E-state index contributed by atoms with van der Waals surface area (Å²) < 4.78 is 7.54. The molecule has 8 nitrogen and oxygen atoms in total. The van der Waals surface area contributed by atoms with Crippen LogP contribution in [-0.4, -0.2) is 59.5 Å². The van der Waals surface area contributed by atoms with E-state index < -0.39 is 24.5 Å². The molecule has 4 atom stereocenters. The summed E-state index contributed by atoms with van der Waals surface area (Å²) in [7, 11) is 0. The van der Waals surface area contributed by atoms with Crippen LogP contribution in [0.25, 0.3) is 11.2 Å². The Morgan fingerprint density at radius 3 is 2.82 bits per heavy atom. The number of aliphatic hydroxyl groups excluding tert-OH is 2. The third-order valence-corrected chi connectivity index (χ3v) is 5.81. The van der Waals surface area contributed by atoms with Crippen LogP contribution in [0, 0.1) is 11.8 Å². The number of fused-ring (bicyclic) bond motifs is 1. The second-order valence-electron chi connectivity index (χ2n) is 6.78. The van der Waals surface area contributed by atoms with Crippen molar-refractivity contribution >= 4 is 28.7 Å². The van der Waals surface area contributed by atoms with E-state index in [0.29, 0.717) is 22.7 Å². The fourth-order valence-corrected chi connectivity index (χ4v) is 3.99. The summed E-state index contributed by atoms with van der Waals surface area (Å²) in [6.07, 6.45) is 2.10. The lowest BCUT2D eigenvalue weighted by Gasteiger charge is -2.16. The van der Waals surface area contributed by atoms with E-state index in [1.807, 2.05) is 0 Å². The number of hydrogen-bond donors (Lipinski definition) is 3. The lowest BCUT2D eigenvalue weighted by Crippen LogP contribution is -2.32. The first-order valence-electron chi connectivity index (χ1n) is 9.65. The lowest BCUT2D eigenvalue weighted by molar-refractivity contribution is -0.0289. The first-order valence-corrected chi connectivity index (χ1v) is 10.8. The first-order chi connectivity index (χ1) is 13.6. The van der Waals surface area contributed by atoms with Crippen LogP contribution in [-0.2, 0) is 4.74 Å². The zero-order valence-electron chi connectivity index (χ0n) is 16.2. The fourth-order valence-electron chi connectivity index (χ4n) is 3.03. The van der Waals surface area contributed by atoms with E-state index in [1.54, 1.807) is 16.3 Å². The Bertz CT molecular complexity index is 862. The van der Waals surface area contributed by atoms with E-state index in [-0.39, 0.29) is 5.82 Å². The maximum atomic E-state index is 10.5. The van der Waals surface area contributed by atoms with Gasteiger partial charge in [-0.05, 0) is 24.5 Å². The number of nitrogen functional groups attached to an aromatic ring is 1. The zero-order valence-corrected chi connectivity index (χ0v) is 17.0. The third-order valence-electron chi connectivity index (χ3n) is 4.55. The number of thioether (sulfide) groups is 1. The largest absolute Gasteiger partial charge is 0.387 e. The number of imidazole rings is 1. The summed E-state index contributed by atoms with van der Waals surface area (Å²) in [5.74, 6) is 8.11. The molecule has 0 spiro atoms. The molecule has 0 amide bonds. The van der Waals surface area contributed by atoms with Gasteiger partial charge >= 0.3 is 0 Å². The Kier molecular flexibility index (Phi) is 7.13. The Balaban J connectivity index is 1.86. The number of rotatable bonds is 7. The van der Waals surface area contributed by atoms with Gasteiger partial charge in [0.05, 0.1) is 12.4 Å². The highest BCUT2D eigenvalue weighted by atomic mass is 32.2. The SMILES string of the molecule is CCCCC#Cc1nc(N)c2ncn([C@@H]3O[C@H](CSCCC)[C@@H](O)[C@H]3O)c2n1. The molecule has 1 aliphatic rings. The molecule has 2 aromatic rings. The minimum atomic E-state index is -1.08. The second kappa shape index (κ2) is 9.56. The van der Waals surface area contributed by atoms with Crippen molar-refractivity contribution in [2.75, 3.05) is 17.2 Å². The monoisotopic (exact) mass is 405 g/mol. The average molecular weight is 406 g/mol. The van der Waals surface area contributed by atoms with Crippen LogP contribution in [0.3, 0.4) is 0 Å². The molecule has 1 saturated heterocycles. The number of aromatic nitrogens is 4. The summed E-state index contributed by atoms with van der Waals surface area (Å²) in [4.78, 5) is 12.9. The Hall–Kier alpha value is -1.86. The average Bonchev–Trinajstić information content (AvgIpc) is 3.22. The highest BCUT2D eigenvalue weighted by Crippen LogP contribution is 2.33. The standard InChI is InChI=1S/C19H27N5O3S/c1-3-5-6-7-8-13-22-17(20)14-18(23-13)24(11-21-14)19-16(26)15(25)12(27-19)10-28-9-4-2/h11-12,15-16,19,25-26H,3-6,9-10H2,1-2H3,(H2,20,22,23)/t12-,15-,16-,19-/m1/s1. The molecule has 0 unspecified atom stereocenters. The summed E-state index contributed by atoms with van der Waals surface area (Å²) in [5.41, 5.74) is 6.88. The van der Waals surface area contributed by atoms with Crippen LogP contribution < -0.4 is 5.73 Å². The zero-order chi connectivity index (χ0) is 20.1. The molecule has 152 valence electrons. The number of aliphatic hydroxyl groups is 2. The van der Waals surface area contributed by atoms with Crippen molar-refractivity contribution in [2.45, 2.75) is 64.1 Å². The van der Waals surface area contributed by atoms with Gasteiger partial charge in [0.1, 0.15) is 17.7 Å². The van der Waals surface area contributed by atoms with Crippen molar-refractivity contribution < 1.29 is 14.9 Å². The van der Waals surface area contributed by atoms with E-state index in [0.717, 1.165) is 31.4 Å². The van der Waals surface area contributed by atoms with E-state index in [9.17, 15) is 10.2 Å². The highest BCUT2D eigenvalue weighted by Gasteiger charge is 2.44. The van der Waals surface area contributed by atoms with Gasteiger partial charge in [0.2, 0.25) is 5.82 Å². The third kappa shape index (κ3) is 4.41. The number of anilines is 1. The molecule has 0 aromatic carbocycles. The number of ether oxygens (including phenoxy) is 1. The van der Waals surface area contributed by atoms with Crippen molar-refractivity contribution in [2.24, 2.45) is 0 Å². The maximum Gasteiger partial charge on any atom is 0.208 e. The van der Waals surface area contributed by atoms with Crippen LogP contribution in [0.5, 0.6) is 0 Å². The molecule has 1 fully saturated rings. The predicted octanol–water partition coefficient (Wildman–Crippen LogP) is 1.71. The van der Waals surface area contributed by atoms with E-state index in [2.05, 4.69) is 40.6 Å². The molecule has 4 N–H and O–H groups in total. The molecule has 1 aliphatic heterocycles. The number of nitrogens with two attached hydrogens (primary N) is 1. The number of unbranched alkanes of at least 4 members (excludes halogenated alkanes) is 2. The van der Waals surface area contributed by atoms with Gasteiger partial charge in [0.25, 0.3) is 0 Å². The number of nitrogens with zero attached hydrogens (tertiary/aromatic N) is 4. The normalized spacial score (nSPS) is 24.4. The van der Waals surface area contributed by atoms with Gasteiger partial charge in [0.15, 0.2) is 17.7 Å². The molecule has 28 heavy (non-hydrogen) atoms. The summed E-state index contributed by atoms with van der Waals surface area (Å²) in [5, 5.41) is 20.9. The summed E-state index contributed by atoms with van der Waals surface area (Å²) in [6, 6.07) is 0. The van der Waals surface area contributed by atoms with Gasteiger partial charge in [-0.1, -0.05) is 26.2 Å². The molecular formula is C19H27N5O3S. The molecule has 0 bridgehead atoms. The quantitative estimate of drug-likeness (QED) is 0.470. The molecule has 9 heteroatoms. The van der Waals surface area contributed by atoms with Crippen molar-refractivity contribution in [3.63, 3.8) is 0 Å². The van der Waals surface area contributed by atoms with Crippen LogP contribution in [0.1, 0.15) is 51.6 Å². The lowest BCUT2D eigenvalue weighted by atomic mass is 10.1. The molecule has 3 rings (SSSR count). The molecule has 2 aromatic heterocycles. The Morgan fingerprint density at radius 1 is 1.25 bits per heavy atom. The van der Waals surface area contributed by atoms with E-state index >= 15 is 0 Å². The van der Waals surface area contributed by atoms with Crippen molar-refractivity contribution in [3.8, 4) is 11.8 Å². The number of hydrogen-bond acceptors (Lipinski definition) is 8. The van der Waals surface area contributed by atoms with Crippen LogP contribution in [0.4, 0.5) is 5.82 Å². The Morgan fingerprint density at radius 2 is 2.07 bits per heavy atom. The minimum absolute atomic E-state index is 0.228. The van der Waals surface area contributed by atoms with Gasteiger partial charge in [0, 0.05) is 12.2 Å². The first kappa shape index (κ1) is 20.9. The molecule has 3 heterocycles. The highest BCUT2D eigenvalue weighted by molar-refractivity contribution is 7.99. The second-order valence-corrected chi connectivity index (χ2v) is 7.93. The molecule has 0 saturated carbocycles. The molecule has 0 aliphatic carbocycles. The predicted molar refractivity (Wildman–Crippen MR) is 110 cm³/mol. The molecule has 0 radical (unpaired) electrons. The van der Waals surface area contributed by atoms with E-state index in [1.165, 1.54) is 6.33 Å². The van der Waals surface area contributed by atoms with Crippen LogP contribution >= 0.6 is 11.8 Å². The minimum Gasteiger partial charge on any atom is -0.387 e. The van der Waals surface area contributed by atoms with Crippen molar-refractivity contribution in [1.82, 2.24) is 19.5 Å². The fraction of sp³-hybridized carbons (Fsp3) is 0.632. The maximum absolute atomic E-state index is 10.5. The van der Waals surface area contributed by atoms with Gasteiger partial charge < -0.3 is 20.7 Å². The summed E-state index contributed by atoms with van der Waals surface area (Å²) in [6.45, 7) is 4.21. The van der Waals surface area contributed by atoms with Crippen LogP contribution in [0.15, 0.2) is 6.33 Å². The smallest absolute Gasteiger partial charge is 0.208 e. The van der Waals surface area contributed by atoms with Crippen molar-refractivity contribution in [3.05, 3.63) is 12.2 Å². The van der Waals surface area contributed by atoms with Gasteiger partial charge in [-0.3, -0.25) is 4.57 Å². The summed E-state index contributed by atoms with van der Waals surface area (Å²) >= 11 is 1.69. The Labute approximate surface area is 168 Å². The van der Waals surface area contributed by atoms with Gasteiger partial charge in [-0.15, -0.1) is 0 Å². The van der Waals surface area contributed by atoms with E-state index in [4.69, 9.17) is 10.5 Å². The van der Waals surface area contributed by atoms with Crippen molar-refractivity contribution in [1.29, 1.82) is 0 Å². The van der Waals surface area contributed by atoms with Gasteiger partial charge in [-0.2, -0.15) is 11.8 Å². The van der Waals surface area contributed by atoms with Crippen LogP contribution in [0.2, 0.25) is 0 Å². The van der Waals surface area contributed by atoms with Gasteiger partial charge in [-0.25, -0.2) is 15.0 Å². The topological polar surface area (TPSA) is 119 Å². The molecular weight excluding hydrogens is 378 g/mol.